The van der Waals surface area contributed by atoms with E-state index < -0.39 is 6.61 Å². The van der Waals surface area contributed by atoms with Gasteiger partial charge in [-0.1, -0.05) is 0 Å². The number of hydrogen-bond acceptors (Lipinski definition) is 8. The second kappa shape index (κ2) is 7.25. The molecule has 2 aromatic heterocycles. The van der Waals surface area contributed by atoms with Crippen molar-refractivity contribution in [1.29, 1.82) is 0 Å². The molecule has 3 fully saturated rings. The Balaban J connectivity index is 1.55. The van der Waals surface area contributed by atoms with Gasteiger partial charge in [0.05, 0.1) is 24.4 Å². The van der Waals surface area contributed by atoms with Crippen molar-refractivity contribution in [2.24, 2.45) is 0 Å². The van der Waals surface area contributed by atoms with Gasteiger partial charge in [-0.25, -0.2) is 9.97 Å². The molecule has 5 heterocycles. The van der Waals surface area contributed by atoms with E-state index in [1.54, 1.807) is 0 Å². The van der Waals surface area contributed by atoms with Crippen LogP contribution in [0.1, 0.15) is 19.3 Å². The van der Waals surface area contributed by atoms with Crippen LogP contribution in [0.15, 0.2) is 18.3 Å². The van der Waals surface area contributed by atoms with Crippen LogP contribution >= 0.6 is 0 Å². The number of morpholine rings is 1. The van der Waals surface area contributed by atoms with Crippen molar-refractivity contribution in [1.82, 2.24) is 15.0 Å². The standard InChI is InChI=1S/C19H22F2N6O2/c20-18(21)29-15-5-11(8-23-17(15)22)14-7-16(27-9-13-6-12(27)10-28-13)25-19(24-14)26-3-1-2-4-26/h5,7-8,12-13,18H,1-4,6,9-10H2,(H2,22,23)/t12-,13-/m0/s1. The molecule has 0 unspecified atom stereocenters. The van der Waals surface area contributed by atoms with E-state index in [1.165, 1.54) is 12.3 Å². The Hall–Kier alpha value is -2.75. The van der Waals surface area contributed by atoms with Gasteiger partial charge >= 0.3 is 6.61 Å². The van der Waals surface area contributed by atoms with Crippen LogP contribution in [-0.2, 0) is 4.74 Å². The number of fused-ring (bicyclic) bond motifs is 2. The Labute approximate surface area is 166 Å². The van der Waals surface area contributed by atoms with Gasteiger partial charge in [0.2, 0.25) is 5.95 Å². The Kier molecular flexibility index (Phi) is 4.57. The summed E-state index contributed by atoms with van der Waals surface area (Å²) in [7, 11) is 0. The number of nitrogens with two attached hydrogens (primary N) is 1. The van der Waals surface area contributed by atoms with Crippen molar-refractivity contribution in [3.8, 4) is 17.0 Å². The van der Waals surface area contributed by atoms with Crippen LogP contribution in [0.2, 0.25) is 0 Å². The minimum Gasteiger partial charge on any atom is -0.431 e. The van der Waals surface area contributed by atoms with E-state index in [4.69, 9.17) is 20.4 Å². The smallest absolute Gasteiger partial charge is 0.387 e. The maximum atomic E-state index is 12.7. The summed E-state index contributed by atoms with van der Waals surface area (Å²) in [6.07, 6.45) is 4.95. The van der Waals surface area contributed by atoms with Gasteiger partial charge < -0.3 is 25.0 Å². The van der Waals surface area contributed by atoms with Gasteiger partial charge in [0.15, 0.2) is 11.6 Å². The fourth-order valence-electron chi connectivity index (χ4n) is 4.24. The fourth-order valence-corrected chi connectivity index (χ4v) is 4.24. The van der Waals surface area contributed by atoms with E-state index in [2.05, 4.69) is 19.5 Å². The van der Waals surface area contributed by atoms with Crippen LogP contribution in [0.5, 0.6) is 5.75 Å². The molecule has 0 aliphatic carbocycles. The molecule has 0 saturated carbocycles. The Morgan fingerprint density at radius 3 is 2.72 bits per heavy atom. The van der Waals surface area contributed by atoms with Crippen molar-refractivity contribution in [2.75, 3.05) is 41.8 Å². The number of aromatic nitrogens is 3. The van der Waals surface area contributed by atoms with E-state index >= 15 is 0 Å². The van der Waals surface area contributed by atoms with Crippen molar-refractivity contribution >= 4 is 17.6 Å². The Morgan fingerprint density at radius 2 is 2.03 bits per heavy atom. The van der Waals surface area contributed by atoms with Gasteiger partial charge in [-0.3, -0.25) is 0 Å². The highest BCUT2D eigenvalue weighted by atomic mass is 19.3. The summed E-state index contributed by atoms with van der Waals surface area (Å²) in [5.41, 5.74) is 6.84. The molecule has 3 saturated heterocycles. The summed E-state index contributed by atoms with van der Waals surface area (Å²) in [6, 6.07) is 3.63. The van der Waals surface area contributed by atoms with Gasteiger partial charge in [-0.15, -0.1) is 0 Å². The maximum Gasteiger partial charge on any atom is 0.387 e. The number of alkyl halides is 2. The number of ether oxygens (including phenoxy) is 2. The molecule has 0 radical (unpaired) electrons. The minimum absolute atomic E-state index is 0.0860. The van der Waals surface area contributed by atoms with Gasteiger partial charge in [-0.2, -0.15) is 13.8 Å². The second-order valence-electron chi connectivity index (χ2n) is 7.59. The summed E-state index contributed by atoms with van der Waals surface area (Å²) >= 11 is 0. The average Bonchev–Trinajstić information content (AvgIpc) is 3.47. The van der Waals surface area contributed by atoms with Crippen LogP contribution in [0.4, 0.5) is 26.4 Å². The number of nitrogen functional groups attached to an aromatic ring is 1. The average molecular weight is 404 g/mol. The maximum absolute atomic E-state index is 12.7. The highest BCUT2D eigenvalue weighted by Crippen LogP contribution is 2.35. The molecule has 154 valence electrons. The molecular formula is C19H22F2N6O2. The normalized spacial score (nSPS) is 23.4. The Bertz CT molecular complexity index is 908. The van der Waals surface area contributed by atoms with Crippen LogP contribution in [0, 0.1) is 0 Å². The van der Waals surface area contributed by atoms with Gasteiger partial charge in [-0.05, 0) is 25.3 Å². The van der Waals surface area contributed by atoms with Gasteiger partial charge in [0.1, 0.15) is 5.82 Å². The lowest BCUT2D eigenvalue weighted by Crippen LogP contribution is -2.38. The summed E-state index contributed by atoms with van der Waals surface area (Å²) in [5, 5.41) is 0. The fraction of sp³-hybridized carbons (Fsp3) is 0.526. The number of halogens is 2. The summed E-state index contributed by atoms with van der Waals surface area (Å²) in [6.45, 7) is 0.310. The third-order valence-corrected chi connectivity index (χ3v) is 5.68. The zero-order chi connectivity index (χ0) is 20.0. The van der Waals surface area contributed by atoms with E-state index in [-0.39, 0.29) is 17.7 Å². The molecule has 2 aromatic rings. The number of anilines is 3. The van der Waals surface area contributed by atoms with E-state index in [0.717, 1.165) is 44.7 Å². The van der Waals surface area contributed by atoms with E-state index in [0.29, 0.717) is 29.9 Å². The van der Waals surface area contributed by atoms with Crippen molar-refractivity contribution in [2.45, 2.75) is 38.0 Å². The first-order valence-corrected chi connectivity index (χ1v) is 9.80. The lowest BCUT2D eigenvalue weighted by Gasteiger charge is -2.29. The lowest BCUT2D eigenvalue weighted by atomic mass is 10.2. The summed E-state index contributed by atoms with van der Waals surface area (Å²) in [4.78, 5) is 17.9. The van der Waals surface area contributed by atoms with Crippen molar-refractivity contribution < 1.29 is 18.3 Å². The first-order chi connectivity index (χ1) is 14.1. The highest BCUT2D eigenvalue weighted by Gasteiger charge is 2.40. The van der Waals surface area contributed by atoms with Crippen molar-refractivity contribution in [3.63, 3.8) is 0 Å². The first-order valence-electron chi connectivity index (χ1n) is 9.80. The predicted octanol–water partition coefficient (Wildman–Crippen LogP) is 2.30. The number of rotatable bonds is 5. The van der Waals surface area contributed by atoms with Crippen LogP contribution in [0.25, 0.3) is 11.3 Å². The summed E-state index contributed by atoms with van der Waals surface area (Å²) < 4.78 is 35.6. The predicted molar refractivity (Wildman–Crippen MR) is 103 cm³/mol. The van der Waals surface area contributed by atoms with Crippen LogP contribution in [0.3, 0.4) is 0 Å². The molecule has 5 rings (SSSR count). The molecule has 0 amide bonds. The molecule has 2 bridgehead atoms. The third kappa shape index (κ3) is 3.52. The van der Waals surface area contributed by atoms with Gasteiger partial charge in [0.25, 0.3) is 0 Å². The molecule has 3 aliphatic rings. The third-order valence-electron chi connectivity index (χ3n) is 5.68. The zero-order valence-electron chi connectivity index (χ0n) is 15.8. The lowest BCUT2D eigenvalue weighted by molar-refractivity contribution is -0.0494. The number of nitrogens with zero attached hydrogens (tertiary/aromatic N) is 5. The first kappa shape index (κ1) is 18.3. The topological polar surface area (TPSA) is 89.6 Å². The van der Waals surface area contributed by atoms with E-state index in [9.17, 15) is 8.78 Å². The Morgan fingerprint density at radius 1 is 1.21 bits per heavy atom. The summed E-state index contributed by atoms with van der Waals surface area (Å²) in [5.74, 6) is 1.22. The number of hydrogen-bond donors (Lipinski definition) is 1. The monoisotopic (exact) mass is 404 g/mol. The van der Waals surface area contributed by atoms with Crippen LogP contribution in [-0.4, -0.2) is 60.0 Å². The zero-order valence-corrected chi connectivity index (χ0v) is 15.8. The highest BCUT2D eigenvalue weighted by molar-refractivity contribution is 5.68. The molecule has 2 atom stereocenters. The second-order valence-corrected chi connectivity index (χ2v) is 7.59. The van der Waals surface area contributed by atoms with Gasteiger partial charge in [0, 0.05) is 37.5 Å². The van der Waals surface area contributed by atoms with Crippen LogP contribution < -0.4 is 20.3 Å². The number of pyridine rings is 1. The molecule has 2 N–H and O–H groups in total. The largest absolute Gasteiger partial charge is 0.431 e. The quantitative estimate of drug-likeness (QED) is 0.812. The molecule has 3 aliphatic heterocycles. The molecule has 8 nitrogen and oxygen atoms in total. The molecule has 0 aromatic carbocycles. The molecule has 0 spiro atoms. The molecule has 10 heteroatoms. The minimum atomic E-state index is -2.98. The van der Waals surface area contributed by atoms with E-state index in [1.807, 2.05) is 6.07 Å². The van der Waals surface area contributed by atoms with Crippen molar-refractivity contribution in [3.05, 3.63) is 18.3 Å². The molecule has 29 heavy (non-hydrogen) atoms. The SMILES string of the molecule is Nc1ncc(-c2cc(N3C[C@@H]4C[C@H]3CO4)nc(N3CCCC3)n2)cc1OC(F)F. The molecular weight excluding hydrogens is 382 g/mol.